The molecule has 1 aromatic carbocycles. The predicted molar refractivity (Wildman–Crippen MR) is 58.4 cm³/mol. The minimum atomic E-state index is -4.49. The van der Waals surface area contributed by atoms with E-state index in [1.54, 1.807) is 6.07 Å². The second kappa shape index (κ2) is 4.99. The maximum Gasteiger partial charge on any atom is 0.430 e. The van der Waals surface area contributed by atoms with E-state index in [1.807, 2.05) is 0 Å². The Balaban J connectivity index is 2.94. The third kappa shape index (κ3) is 3.58. The highest BCUT2D eigenvalue weighted by Gasteiger charge is 2.32. The quantitative estimate of drug-likeness (QED) is 0.886. The van der Waals surface area contributed by atoms with Crippen molar-refractivity contribution < 1.29 is 22.6 Å². The second-order valence-corrected chi connectivity index (χ2v) is 3.20. The van der Waals surface area contributed by atoms with Gasteiger partial charge in [0, 0.05) is 23.9 Å². The van der Waals surface area contributed by atoms with Gasteiger partial charge in [-0.3, -0.25) is 0 Å². The van der Waals surface area contributed by atoms with E-state index in [1.165, 1.54) is 26.4 Å². The molecule has 17 heavy (non-hydrogen) atoms. The molecule has 0 amide bonds. The zero-order valence-corrected chi connectivity index (χ0v) is 9.39. The average molecular weight is 247 g/mol. The summed E-state index contributed by atoms with van der Waals surface area (Å²) in [6.45, 7) is 2.91. The summed E-state index contributed by atoms with van der Waals surface area (Å²) in [6, 6.07) is 4.39. The summed E-state index contributed by atoms with van der Waals surface area (Å²) in [7, 11) is 2.83. The number of anilines is 1. The van der Waals surface area contributed by atoms with Crippen molar-refractivity contribution in [2.45, 2.75) is 6.18 Å². The van der Waals surface area contributed by atoms with E-state index < -0.39 is 11.9 Å². The summed E-state index contributed by atoms with van der Waals surface area (Å²) in [5.41, 5.74) is -0.851. The Bertz CT molecular complexity index is 393. The normalized spacial score (nSPS) is 10.9. The number of hydrogen-bond donors (Lipinski definition) is 1. The molecule has 1 rings (SSSR count). The van der Waals surface area contributed by atoms with Crippen molar-refractivity contribution in [3.05, 3.63) is 30.5 Å². The van der Waals surface area contributed by atoms with Gasteiger partial charge < -0.3 is 14.8 Å². The van der Waals surface area contributed by atoms with Crippen LogP contribution in [0, 0.1) is 0 Å². The third-order valence-electron chi connectivity index (χ3n) is 1.99. The number of hydrogen-bond acceptors (Lipinski definition) is 3. The van der Waals surface area contributed by atoms with Crippen LogP contribution in [0.25, 0.3) is 0 Å². The van der Waals surface area contributed by atoms with E-state index in [2.05, 4.69) is 11.9 Å². The SMILES string of the molecule is C=C(Nc1cc(OC)cc(OC)c1)C(F)(F)F. The first kappa shape index (κ1) is 13.2. The average Bonchev–Trinajstić information content (AvgIpc) is 2.27. The van der Waals surface area contributed by atoms with E-state index in [9.17, 15) is 13.2 Å². The Labute approximate surface area is 96.8 Å². The minimum absolute atomic E-state index is 0.198. The molecule has 0 heterocycles. The lowest BCUT2D eigenvalue weighted by molar-refractivity contribution is -0.0898. The minimum Gasteiger partial charge on any atom is -0.497 e. The zero-order chi connectivity index (χ0) is 13.1. The molecule has 0 aliphatic rings. The summed E-state index contributed by atoms with van der Waals surface area (Å²) in [5.74, 6) is 0.781. The molecule has 0 saturated carbocycles. The highest BCUT2D eigenvalue weighted by Crippen LogP contribution is 2.30. The first-order chi connectivity index (χ1) is 7.86. The van der Waals surface area contributed by atoms with Gasteiger partial charge in [-0.15, -0.1) is 0 Å². The molecule has 0 fully saturated rings. The van der Waals surface area contributed by atoms with Crippen molar-refractivity contribution in [1.29, 1.82) is 0 Å². The van der Waals surface area contributed by atoms with Gasteiger partial charge in [0.05, 0.1) is 14.2 Å². The van der Waals surface area contributed by atoms with Crippen molar-refractivity contribution in [3.63, 3.8) is 0 Å². The molecule has 0 spiro atoms. The van der Waals surface area contributed by atoms with Gasteiger partial charge in [0.25, 0.3) is 0 Å². The number of ether oxygens (including phenoxy) is 2. The Morgan fingerprint density at radius 2 is 1.59 bits per heavy atom. The fraction of sp³-hybridized carbons (Fsp3) is 0.273. The Morgan fingerprint density at radius 3 is 1.94 bits per heavy atom. The van der Waals surface area contributed by atoms with E-state index in [4.69, 9.17) is 9.47 Å². The summed E-state index contributed by atoms with van der Waals surface area (Å²) >= 11 is 0. The van der Waals surface area contributed by atoms with Crippen molar-refractivity contribution in [2.24, 2.45) is 0 Å². The van der Waals surface area contributed by atoms with Gasteiger partial charge >= 0.3 is 6.18 Å². The van der Waals surface area contributed by atoms with Crippen molar-refractivity contribution in [2.75, 3.05) is 19.5 Å². The highest BCUT2D eigenvalue weighted by molar-refractivity contribution is 5.56. The Kier molecular flexibility index (Phi) is 3.88. The molecule has 0 unspecified atom stereocenters. The first-order valence-corrected chi connectivity index (χ1v) is 4.63. The first-order valence-electron chi connectivity index (χ1n) is 4.63. The van der Waals surface area contributed by atoms with Gasteiger partial charge in [-0.2, -0.15) is 13.2 Å². The molecule has 6 heteroatoms. The van der Waals surface area contributed by atoms with Crippen LogP contribution in [0.4, 0.5) is 18.9 Å². The Morgan fingerprint density at radius 1 is 1.12 bits per heavy atom. The van der Waals surface area contributed by atoms with Crippen molar-refractivity contribution >= 4 is 5.69 Å². The molecule has 0 saturated heterocycles. The molecule has 0 aliphatic carbocycles. The van der Waals surface area contributed by atoms with E-state index in [-0.39, 0.29) is 5.69 Å². The molecule has 0 aromatic heterocycles. The Hall–Kier alpha value is -1.85. The molecular weight excluding hydrogens is 235 g/mol. The number of halogens is 3. The van der Waals surface area contributed by atoms with Gasteiger partial charge in [0.2, 0.25) is 0 Å². The number of alkyl halides is 3. The molecule has 1 N–H and O–H groups in total. The maximum atomic E-state index is 12.3. The number of allylic oxidation sites excluding steroid dienone is 1. The number of benzene rings is 1. The summed E-state index contributed by atoms with van der Waals surface area (Å²) in [5, 5.41) is 2.15. The maximum absolute atomic E-state index is 12.3. The lowest BCUT2D eigenvalue weighted by Crippen LogP contribution is -2.17. The van der Waals surface area contributed by atoms with Crippen LogP contribution in [-0.4, -0.2) is 20.4 Å². The van der Waals surface area contributed by atoms with E-state index >= 15 is 0 Å². The van der Waals surface area contributed by atoms with Crippen LogP contribution in [0.1, 0.15) is 0 Å². The van der Waals surface area contributed by atoms with Gasteiger partial charge in [0.15, 0.2) is 0 Å². The van der Waals surface area contributed by atoms with Crippen molar-refractivity contribution in [3.8, 4) is 11.5 Å². The molecule has 0 bridgehead atoms. The summed E-state index contributed by atoms with van der Waals surface area (Å²) < 4.78 is 46.7. The highest BCUT2D eigenvalue weighted by atomic mass is 19.4. The second-order valence-electron chi connectivity index (χ2n) is 3.20. The topological polar surface area (TPSA) is 30.5 Å². The number of rotatable bonds is 4. The van der Waals surface area contributed by atoms with Crippen LogP contribution in [0.15, 0.2) is 30.5 Å². The largest absolute Gasteiger partial charge is 0.497 e. The van der Waals surface area contributed by atoms with Crippen LogP contribution in [0.3, 0.4) is 0 Å². The summed E-state index contributed by atoms with van der Waals surface area (Å²) in [4.78, 5) is 0. The van der Waals surface area contributed by atoms with Crippen LogP contribution in [-0.2, 0) is 0 Å². The monoisotopic (exact) mass is 247 g/mol. The van der Waals surface area contributed by atoms with Crippen LogP contribution in [0.5, 0.6) is 11.5 Å². The van der Waals surface area contributed by atoms with Crippen molar-refractivity contribution in [1.82, 2.24) is 0 Å². The zero-order valence-electron chi connectivity index (χ0n) is 9.39. The third-order valence-corrected chi connectivity index (χ3v) is 1.99. The summed E-state index contributed by atoms with van der Waals surface area (Å²) in [6.07, 6.45) is -4.49. The molecule has 0 radical (unpaired) electrons. The molecule has 1 aromatic rings. The van der Waals surface area contributed by atoms with Gasteiger partial charge in [0.1, 0.15) is 17.2 Å². The van der Waals surface area contributed by atoms with Crippen LogP contribution in [0.2, 0.25) is 0 Å². The fourth-order valence-corrected chi connectivity index (χ4v) is 1.12. The van der Waals surface area contributed by atoms with Gasteiger partial charge in [-0.25, -0.2) is 0 Å². The lowest BCUT2D eigenvalue weighted by atomic mass is 10.2. The van der Waals surface area contributed by atoms with Gasteiger partial charge in [-0.1, -0.05) is 6.58 Å². The molecule has 0 aliphatic heterocycles. The number of nitrogens with one attached hydrogen (secondary N) is 1. The van der Waals surface area contributed by atoms with Crippen LogP contribution >= 0.6 is 0 Å². The number of methoxy groups -OCH3 is 2. The lowest BCUT2D eigenvalue weighted by Gasteiger charge is -2.14. The molecule has 0 atom stereocenters. The fourth-order valence-electron chi connectivity index (χ4n) is 1.12. The molecular formula is C11H12F3NO2. The smallest absolute Gasteiger partial charge is 0.430 e. The van der Waals surface area contributed by atoms with E-state index in [0.29, 0.717) is 11.5 Å². The predicted octanol–water partition coefficient (Wildman–Crippen LogP) is 3.19. The standard InChI is InChI=1S/C11H12F3NO2/c1-7(11(12,13)14)15-8-4-9(16-2)6-10(5-8)17-3/h4-6,15H,1H2,2-3H3. The molecule has 94 valence electrons. The van der Waals surface area contributed by atoms with Gasteiger partial charge in [-0.05, 0) is 0 Å². The molecule has 3 nitrogen and oxygen atoms in total. The van der Waals surface area contributed by atoms with Crippen LogP contribution < -0.4 is 14.8 Å². The van der Waals surface area contributed by atoms with E-state index in [0.717, 1.165) is 0 Å².